The van der Waals surface area contributed by atoms with E-state index in [1.165, 1.54) is 0 Å². The van der Waals surface area contributed by atoms with Crippen molar-refractivity contribution in [2.45, 2.75) is 18.7 Å². The molecule has 0 atom stereocenters. The lowest BCUT2D eigenvalue weighted by molar-refractivity contribution is 0.252. The minimum absolute atomic E-state index is 0.864. The molecule has 2 heterocycles. The van der Waals surface area contributed by atoms with Gasteiger partial charge in [0.1, 0.15) is 0 Å². The molecule has 0 radical (unpaired) electrons. The molecule has 3 rings (SSSR count). The quantitative estimate of drug-likeness (QED) is 0.850. The van der Waals surface area contributed by atoms with Crippen LogP contribution in [0.3, 0.4) is 0 Å². The lowest BCUT2D eigenvalue weighted by atomic mass is 10.2. The number of rotatable bonds is 2. The fourth-order valence-electron chi connectivity index (χ4n) is 1.95. The third-order valence-corrected chi connectivity index (χ3v) is 4.74. The maximum atomic E-state index is 4.33. The molecule has 1 aliphatic heterocycles. The number of hydrogen-bond acceptors (Lipinski definition) is 4. The van der Waals surface area contributed by atoms with E-state index in [1.54, 1.807) is 11.8 Å². The molecule has 6 heteroatoms. The van der Waals surface area contributed by atoms with Crippen LogP contribution in [0.5, 0.6) is 0 Å². The minimum Gasteiger partial charge on any atom is -0.288 e. The summed E-state index contributed by atoms with van der Waals surface area (Å²) in [7, 11) is 0. The first-order valence-electron chi connectivity index (χ1n) is 5.83. The Balaban J connectivity index is 2.05. The van der Waals surface area contributed by atoms with E-state index < -0.39 is 0 Å². The second kappa shape index (κ2) is 5.03. The fourth-order valence-corrected chi connectivity index (χ4v) is 3.37. The lowest BCUT2D eigenvalue weighted by Gasteiger charge is -2.26. The predicted octanol–water partition coefficient (Wildman–Crippen LogP) is 3.05. The largest absolute Gasteiger partial charge is 0.288 e. The zero-order chi connectivity index (χ0) is 12.5. The van der Waals surface area contributed by atoms with E-state index in [1.807, 2.05) is 18.2 Å². The summed E-state index contributed by atoms with van der Waals surface area (Å²) >= 11 is 5.32. The number of hydrogen-bond donors (Lipinski definition) is 0. The number of aromatic nitrogens is 3. The molecule has 0 aliphatic carbocycles. The monoisotopic (exact) mass is 324 g/mol. The summed E-state index contributed by atoms with van der Waals surface area (Å²) in [4.78, 5) is 2.36. The second-order valence-corrected chi connectivity index (χ2v) is 5.88. The van der Waals surface area contributed by atoms with Gasteiger partial charge in [-0.1, -0.05) is 52.8 Å². The van der Waals surface area contributed by atoms with E-state index in [4.69, 9.17) is 0 Å². The highest BCUT2D eigenvalue weighted by Gasteiger charge is 2.22. The topological polar surface area (TPSA) is 34.0 Å². The summed E-state index contributed by atoms with van der Waals surface area (Å²) in [6.45, 7) is 4.08. The van der Waals surface area contributed by atoms with Gasteiger partial charge < -0.3 is 0 Å². The average Bonchev–Trinajstić information content (AvgIpc) is 2.82. The summed E-state index contributed by atoms with van der Waals surface area (Å²) in [6, 6.07) is 8.13. The van der Waals surface area contributed by atoms with Crippen LogP contribution in [-0.2, 0) is 6.67 Å². The summed E-state index contributed by atoms with van der Waals surface area (Å²) in [5.41, 5.74) is 1.09. The van der Waals surface area contributed by atoms with Crippen molar-refractivity contribution in [3.05, 3.63) is 28.7 Å². The number of fused-ring (bicyclic) bond motifs is 1. The van der Waals surface area contributed by atoms with E-state index in [-0.39, 0.29) is 0 Å². The van der Waals surface area contributed by atoms with Gasteiger partial charge in [0.2, 0.25) is 0 Å². The van der Waals surface area contributed by atoms with Gasteiger partial charge in [-0.15, -0.1) is 10.2 Å². The summed E-state index contributed by atoms with van der Waals surface area (Å²) in [5.74, 6) is 1.92. The highest BCUT2D eigenvalue weighted by atomic mass is 79.9. The molecule has 2 aromatic rings. The first-order chi connectivity index (χ1) is 8.79. The molecule has 0 unspecified atom stereocenters. The summed E-state index contributed by atoms with van der Waals surface area (Å²) < 4.78 is 3.23. The molecule has 94 valence electrons. The average molecular weight is 325 g/mol. The Labute approximate surface area is 119 Å². The summed E-state index contributed by atoms with van der Waals surface area (Å²) in [6.07, 6.45) is 0. The Morgan fingerprint density at radius 1 is 1.33 bits per heavy atom. The van der Waals surface area contributed by atoms with Crippen molar-refractivity contribution in [2.75, 3.05) is 12.4 Å². The molecule has 0 bridgehead atoms. The lowest BCUT2D eigenvalue weighted by Crippen LogP contribution is -2.30. The standard InChI is InChI=1S/C12H13BrN4S/c1-2-16-7-17-11(14-15-12(17)18-8-16)9-5-3-4-6-10(9)13/h3-6H,2,7-8H2,1H3. The maximum Gasteiger partial charge on any atom is 0.193 e. The molecule has 0 saturated heterocycles. The highest BCUT2D eigenvalue weighted by molar-refractivity contribution is 9.10. The van der Waals surface area contributed by atoms with Crippen LogP contribution in [0.25, 0.3) is 11.4 Å². The van der Waals surface area contributed by atoms with Gasteiger partial charge in [0.15, 0.2) is 11.0 Å². The first kappa shape index (κ1) is 12.2. The Bertz CT molecular complexity index is 569. The predicted molar refractivity (Wildman–Crippen MR) is 76.3 cm³/mol. The molecule has 0 spiro atoms. The van der Waals surface area contributed by atoms with Crippen molar-refractivity contribution in [2.24, 2.45) is 0 Å². The van der Waals surface area contributed by atoms with Crippen LogP contribution in [0.4, 0.5) is 0 Å². The van der Waals surface area contributed by atoms with Crippen molar-refractivity contribution in [1.82, 2.24) is 19.7 Å². The van der Waals surface area contributed by atoms with Crippen molar-refractivity contribution >= 4 is 27.7 Å². The zero-order valence-electron chi connectivity index (χ0n) is 10.0. The van der Waals surface area contributed by atoms with Gasteiger partial charge in [-0.25, -0.2) is 0 Å². The van der Waals surface area contributed by atoms with Gasteiger partial charge >= 0.3 is 0 Å². The van der Waals surface area contributed by atoms with Crippen LogP contribution in [0.1, 0.15) is 6.92 Å². The highest BCUT2D eigenvalue weighted by Crippen LogP contribution is 2.32. The van der Waals surface area contributed by atoms with Crippen molar-refractivity contribution in [3.8, 4) is 11.4 Å². The van der Waals surface area contributed by atoms with Crippen LogP contribution in [0, 0.1) is 0 Å². The first-order valence-corrected chi connectivity index (χ1v) is 7.60. The molecular formula is C12H13BrN4S. The van der Waals surface area contributed by atoms with E-state index in [9.17, 15) is 0 Å². The van der Waals surface area contributed by atoms with Crippen molar-refractivity contribution in [3.63, 3.8) is 0 Å². The van der Waals surface area contributed by atoms with Crippen molar-refractivity contribution < 1.29 is 0 Å². The summed E-state index contributed by atoms with van der Waals surface area (Å²) in [5, 5.41) is 9.61. The zero-order valence-corrected chi connectivity index (χ0v) is 12.4. The normalized spacial score (nSPS) is 15.7. The van der Waals surface area contributed by atoms with Crippen LogP contribution in [0.15, 0.2) is 33.9 Å². The molecule has 1 aliphatic rings. The Kier molecular flexibility index (Phi) is 3.41. The molecule has 0 saturated carbocycles. The van der Waals surface area contributed by atoms with Crippen LogP contribution in [0.2, 0.25) is 0 Å². The van der Waals surface area contributed by atoms with Crippen molar-refractivity contribution in [1.29, 1.82) is 0 Å². The molecule has 0 N–H and O–H groups in total. The molecule has 18 heavy (non-hydrogen) atoms. The van der Waals surface area contributed by atoms with E-state index in [0.717, 1.165) is 40.1 Å². The Hall–Kier alpha value is -0.850. The number of thioether (sulfide) groups is 1. The molecule has 4 nitrogen and oxygen atoms in total. The van der Waals surface area contributed by atoms with Gasteiger partial charge in [0.25, 0.3) is 0 Å². The van der Waals surface area contributed by atoms with Crippen LogP contribution in [-0.4, -0.2) is 32.1 Å². The van der Waals surface area contributed by atoms with E-state index in [0.29, 0.717) is 0 Å². The molecule has 1 aromatic carbocycles. The van der Waals surface area contributed by atoms with Gasteiger partial charge in [-0.05, 0) is 12.6 Å². The van der Waals surface area contributed by atoms with Gasteiger partial charge in [0.05, 0.1) is 12.5 Å². The minimum atomic E-state index is 0.864. The molecule has 0 amide bonds. The number of halogens is 1. The van der Waals surface area contributed by atoms with E-state index in [2.05, 4.69) is 48.6 Å². The van der Waals surface area contributed by atoms with Crippen LogP contribution >= 0.6 is 27.7 Å². The SMILES string of the molecule is CCN1CSc2nnc(-c3ccccc3Br)n2C1. The number of nitrogens with zero attached hydrogens (tertiary/aromatic N) is 4. The van der Waals surface area contributed by atoms with Crippen LogP contribution < -0.4 is 0 Å². The smallest absolute Gasteiger partial charge is 0.193 e. The second-order valence-electron chi connectivity index (χ2n) is 4.12. The molecule has 0 fully saturated rings. The number of benzene rings is 1. The third kappa shape index (κ3) is 2.08. The van der Waals surface area contributed by atoms with Gasteiger partial charge in [-0.2, -0.15) is 0 Å². The third-order valence-electron chi connectivity index (χ3n) is 3.00. The molecule has 1 aromatic heterocycles. The van der Waals surface area contributed by atoms with E-state index >= 15 is 0 Å². The maximum absolute atomic E-state index is 4.33. The Morgan fingerprint density at radius 2 is 2.17 bits per heavy atom. The molecular weight excluding hydrogens is 312 g/mol. The van der Waals surface area contributed by atoms with Gasteiger partial charge in [0, 0.05) is 10.0 Å². The fraction of sp³-hybridized carbons (Fsp3) is 0.333. The van der Waals surface area contributed by atoms with Gasteiger partial charge in [-0.3, -0.25) is 9.47 Å². The Morgan fingerprint density at radius 3 is 2.94 bits per heavy atom.